The number of halogens is 2. The second-order valence-electron chi connectivity index (χ2n) is 4.57. The van der Waals surface area contributed by atoms with Crippen LogP contribution in [0.4, 0.5) is 4.39 Å². The van der Waals surface area contributed by atoms with E-state index in [0.29, 0.717) is 12.1 Å². The third-order valence-electron chi connectivity index (χ3n) is 3.41. The first-order valence-electron chi connectivity index (χ1n) is 5.83. The molecule has 1 aromatic rings. The van der Waals surface area contributed by atoms with E-state index in [4.69, 9.17) is 11.6 Å². The molecule has 0 aromatic heterocycles. The Morgan fingerprint density at radius 3 is 2.94 bits per heavy atom. The fraction of sp³-hybridized carbons (Fsp3) is 0.538. The van der Waals surface area contributed by atoms with Crippen LogP contribution in [0.5, 0.6) is 0 Å². The van der Waals surface area contributed by atoms with Crippen LogP contribution < -0.4 is 5.32 Å². The van der Waals surface area contributed by atoms with Crippen molar-refractivity contribution in [3.8, 4) is 0 Å². The van der Waals surface area contributed by atoms with Crippen LogP contribution in [0.25, 0.3) is 0 Å². The van der Waals surface area contributed by atoms with E-state index in [1.807, 2.05) is 12.1 Å². The molecular formula is C13H17ClFN. The molecule has 3 heteroatoms. The second-order valence-corrected chi connectivity index (χ2v) is 4.97. The van der Waals surface area contributed by atoms with Crippen molar-refractivity contribution in [1.29, 1.82) is 0 Å². The summed E-state index contributed by atoms with van der Waals surface area (Å²) < 4.78 is 13.9. The van der Waals surface area contributed by atoms with Gasteiger partial charge in [-0.25, -0.2) is 4.39 Å². The van der Waals surface area contributed by atoms with E-state index in [1.54, 1.807) is 6.07 Å². The minimum absolute atomic E-state index is 0.229. The van der Waals surface area contributed by atoms with Crippen LogP contribution in [-0.2, 0) is 0 Å². The van der Waals surface area contributed by atoms with Gasteiger partial charge in [-0.15, -0.1) is 0 Å². The zero-order valence-electron chi connectivity index (χ0n) is 9.63. The molecule has 88 valence electrons. The van der Waals surface area contributed by atoms with E-state index in [2.05, 4.69) is 19.2 Å². The van der Waals surface area contributed by atoms with E-state index in [0.717, 1.165) is 18.4 Å². The van der Waals surface area contributed by atoms with Gasteiger partial charge in [0.15, 0.2) is 0 Å². The number of hydrogen-bond donors (Lipinski definition) is 1. The topological polar surface area (TPSA) is 12.0 Å². The molecule has 1 fully saturated rings. The Labute approximate surface area is 101 Å². The highest BCUT2D eigenvalue weighted by molar-refractivity contribution is 6.30. The van der Waals surface area contributed by atoms with Gasteiger partial charge in [0.2, 0.25) is 0 Å². The Morgan fingerprint density at radius 1 is 1.50 bits per heavy atom. The van der Waals surface area contributed by atoms with Gasteiger partial charge in [-0.05, 0) is 31.4 Å². The number of nitrogens with one attached hydrogen (secondary N) is 1. The molecule has 1 nitrogen and oxygen atoms in total. The quantitative estimate of drug-likeness (QED) is 0.832. The van der Waals surface area contributed by atoms with Crippen LogP contribution in [0, 0.1) is 5.82 Å². The van der Waals surface area contributed by atoms with Gasteiger partial charge in [0.05, 0.1) is 5.02 Å². The maximum absolute atomic E-state index is 13.9. The summed E-state index contributed by atoms with van der Waals surface area (Å²) in [4.78, 5) is 0. The van der Waals surface area contributed by atoms with Crippen molar-refractivity contribution in [2.75, 3.05) is 0 Å². The van der Waals surface area contributed by atoms with Crippen molar-refractivity contribution < 1.29 is 4.39 Å². The van der Waals surface area contributed by atoms with Crippen molar-refractivity contribution in [2.24, 2.45) is 0 Å². The molecule has 1 heterocycles. The second kappa shape index (κ2) is 4.72. The van der Waals surface area contributed by atoms with Gasteiger partial charge < -0.3 is 5.32 Å². The Kier molecular flexibility index (Phi) is 3.50. The number of benzene rings is 1. The molecule has 1 aliphatic heterocycles. The molecule has 0 amide bonds. The lowest BCUT2D eigenvalue weighted by atomic mass is 9.89. The third kappa shape index (κ3) is 2.09. The lowest BCUT2D eigenvalue weighted by Gasteiger charge is -2.19. The van der Waals surface area contributed by atoms with Gasteiger partial charge in [-0.3, -0.25) is 0 Å². The maximum Gasteiger partial charge on any atom is 0.145 e. The molecule has 0 aliphatic carbocycles. The minimum atomic E-state index is -0.247. The van der Waals surface area contributed by atoms with Crippen LogP contribution in [0.2, 0.25) is 5.02 Å². The molecule has 0 spiro atoms. The summed E-state index contributed by atoms with van der Waals surface area (Å²) in [5.74, 6) is 0.00205. The van der Waals surface area contributed by atoms with Crippen LogP contribution in [0.3, 0.4) is 0 Å². The summed E-state index contributed by atoms with van der Waals surface area (Å²) in [6, 6.07) is 6.11. The SMILES string of the molecule is CCC1NC(C)CC1c1cccc(Cl)c1F. The minimum Gasteiger partial charge on any atom is -0.311 e. The van der Waals surface area contributed by atoms with Crippen molar-refractivity contribution in [3.63, 3.8) is 0 Å². The van der Waals surface area contributed by atoms with E-state index in [1.165, 1.54) is 0 Å². The Bertz CT molecular complexity index is 380. The van der Waals surface area contributed by atoms with Crippen LogP contribution in [-0.4, -0.2) is 12.1 Å². The molecule has 1 saturated heterocycles. The van der Waals surface area contributed by atoms with Crippen molar-refractivity contribution in [3.05, 3.63) is 34.6 Å². The molecule has 0 radical (unpaired) electrons. The molecule has 1 N–H and O–H groups in total. The largest absolute Gasteiger partial charge is 0.311 e. The summed E-state index contributed by atoms with van der Waals surface area (Å²) in [5, 5.41) is 3.72. The molecule has 2 rings (SSSR count). The molecule has 0 bridgehead atoms. The van der Waals surface area contributed by atoms with E-state index in [9.17, 15) is 4.39 Å². The Hall–Kier alpha value is -0.600. The number of rotatable bonds is 2. The molecule has 3 unspecified atom stereocenters. The highest BCUT2D eigenvalue weighted by Gasteiger charge is 2.33. The fourth-order valence-corrected chi connectivity index (χ4v) is 2.83. The van der Waals surface area contributed by atoms with Crippen molar-refractivity contribution in [2.45, 2.75) is 44.7 Å². The summed E-state index contributed by atoms with van der Waals surface area (Å²) in [6.07, 6.45) is 2.00. The summed E-state index contributed by atoms with van der Waals surface area (Å²) in [6.45, 7) is 4.27. The van der Waals surface area contributed by atoms with Gasteiger partial charge in [-0.2, -0.15) is 0 Å². The predicted molar refractivity (Wildman–Crippen MR) is 65.4 cm³/mol. The average molecular weight is 242 g/mol. The first-order chi connectivity index (χ1) is 7.63. The van der Waals surface area contributed by atoms with Crippen molar-refractivity contribution in [1.82, 2.24) is 5.32 Å². The molecule has 16 heavy (non-hydrogen) atoms. The van der Waals surface area contributed by atoms with Gasteiger partial charge in [-0.1, -0.05) is 30.7 Å². The summed E-state index contributed by atoms with van der Waals surface area (Å²) >= 11 is 5.82. The number of hydrogen-bond acceptors (Lipinski definition) is 1. The first kappa shape index (κ1) is 11.9. The standard InChI is InChI=1S/C13H17ClFN/c1-3-12-10(7-8(2)16-12)9-5-4-6-11(14)13(9)15/h4-6,8,10,12,16H,3,7H2,1-2H3. The van der Waals surface area contributed by atoms with Crippen molar-refractivity contribution >= 4 is 11.6 Å². The lowest BCUT2D eigenvalue weighted by molar-refractivity contribution is 0.499. The van der Waals surface area contributed by atoms with Crippen LogP contribution in [0.1, 0.15) is 38.2 Å². The molecule has 3 atom stereocenters. The van der Waals surface area contributed by atoms with Crippen LogP contribution in [0.15, 0.2) is 18.2 Å². The average Bonchev–Trinajstić information content (AvgIpc) is 2.63. The Morgan fingerprint density at radius 2 is 2.25 bits per heavy atom. The summed E-state index contributed by atoms with van der Waals surface area (Å²) in [5.41, 5.74) is 0.760. The third-order valence-corrected chi connectivity index (χ3v) is 3.70. The maximum atomic E-state index is 13.9. The predicted octanol–water partition coefficient (Wildman–Crippen LogP) is 3.72. The molecule has 1 aromatic carbocycles. The zero-order valence-corrected chi connectivity index (χ0v) is 10.4. The molecular weight excluding hydrogens is 225 g/mol. The highest BCUT2D eigenvalue weighted by atomic mass is 35.5. The fourth-order valence-electron chi connectivity index (χ4n) is 2.65. The van der Waals surface area contributed by atoms with E-state index >= 15 is 0 Å². The van der Waals surface area contributed by atoms with Crippen LogP contribution >= 0.6 is 11.6 Å². The summed E-state index contributed by atoms with van der Waals surface area (Å²) in [7, 11) is 0. The normalized spacial score (nSPS) is 29.6. The monoisotopic (exact) mass is 241 g/mol. The first-order valence-corrected chi connectivity index (χ1v) is 6.21. The van der Waals surface area contributed by atoms with Gasteiger partial charge >= 0.3 is 0 Å². The van der Waals surface area contributed by atoms with E-state index in [-0.39, 0.29) is 16.8 Å². The zero-order chi connectivity index (χ0) is 11.7. The Balaban J connectivity index is 2.33. The highest BCUT2D eigenvalue weighted by Crippen LogP contribution is 2.35. The lowest BCUT2D eigenvalue weighted by Crippen LogP contribution is -2.28. The van der Waals surface area contributed by atoms with Gasteiger partial charge in [0.25, 0.3) is 0 Å². The van der Waals surface area contributed by atoms with Gasteiger partial charge in [0.1, 0.15) is 5.82 Å². The van der Waals surface area contributed by atoms with E-state index < -0.39 is 0 Å². The smallest absolute Gasteiger partial charge is 0.145 e. The molecule has 0 saturated carbocycles. The molecule has 1 aliphatic rings. The van der Waals surface area contributed by atoms with Gasteiger partial charge in [0, 0.05) is 18.0 Å².